The fourth-order valence-corrected chi connectivity index (χ4v) is 5.19. The lowest BCUT2D eigenvalue weighted by Gasteiger charge is -2.33. The molecule has 2 aliphatic rings. The predicted molar refractivity (Wildman–Crippen MR) is 119 cm³/mol. The van der Waals surface area contributed by atoms with Gasteiger partial charge in [0.2, 0.25) is 0 Å². The second-order valence-electron chi connectivity index (χ2n) is 8.55. The smallest absolute Gasteiger partial charge is 0.264 e. The number of hydrogen-bond donors (Lipinski definition) is 1. The molecule has 2 amide bonds. The average molecular weight is 452 g/mol. The summed E-state index contributed by atoms with van der Waals surface area (Å²) < 4.78 is 8.14. The molecule has 2 aromatic heterocycles. The molecule has 1 saturated heterocycles. The van der Waals surface area contributed by atoms with Gasteiger partial charge in [0.25, 0.3) is 11.8 Å². The Hall–Kier alpha value is -3.04. The average Bonchev–Trinajstić information content (AvgIpc) is 3.50. The molecule has 0 bridgehead atoms. The maximum atomic E-state index is 12.8. The van der Waals surface area contributed by atoms with Crippen LogP contribution in [0.5, 0.6) is 0 Å². The topological polar surface area (TPSA) is 89.3 Å². The van der Waals surface area contributed by atoms with Gasteiger partial charge in [-0.3, -0.25) is 9.59 Å². The summed E-state index contributed by atoms with van der Waals surface area (Å²) in [7, 11) is 0. The van der Waals surface area contributed by atoms with Crippen LogP contribution in [0.15, 0.2) is 36.4 Å². The highest BCUT2D eigenvalue weighted by Gasteiger charge is 2.45. The van der Waals surface area contributed by atoms with Crippen molar-refractivity contribution >= 4 is 23.2 Å². The third-order valence-electron chi connectivity index (χ3n) is 6.12. The van der Waals surface area contributed by atoms with Crippen molar-refractivity contribution in [2.45, 2.75) is 45.6 Å². The summed E-state index contributed by atoms with van der Waals surface area (Å²) in [5.41, 5.74) is 2.80. The molecule has 32 heavy (non-hydrogen) atoms. The predicted octanol–water partition coefficient (Wildman–Crippen LogP) is 2.70. The zero-order valence-corrected chi connectivity index (χ0v) is 18.9. The second kappa shape index (κ2) is 8.14. The van der Waals surface area contributed by atoms with Gasteiger partial charge in [-0.15, -0.1) is 16.4 Å². The third-order valence-corrected chi connectivity index (χ3v) is 7.11. The minimum absolute atomic E-state index is 0.0625. The Kier molecular flexibility index (Phi) is 5.30. The fourth-order valence-electron chi connectivity index (χ4n) is 4.35. The number of ether oxygens (including phenoxy) is 1. The Bertz CT molecular complexity index is 1190. The molecule has 0 aliphatic carbocycles. The molecule has 5 rings (SSSR count). The maximum absolute atomic E-state index is 12.8. The number of nitrogens with zero attached hydrogens (tertiary/aromatic N) is 4. The lowest BCUT2D eigenvalue weighted by Crippen LogP contribution is -2.45. The van der Waals surface area contributed by atoms with Crippen LogP contribution in [0.2, 0.25) is 0 Å². The van der Waals surface area contributed by atoms with Gasteiger partial charge in [-0.05, 0) is 44.5 Å². The standard InChI is InChI=1S/C23H25N5O3S/c1-15-4-3-5-17(10-15)21(29)24-11-18-19-12-31-23(14-28(19)26-25-18)8-9-27(13-23)22(30)20-7-6-16(2)32-20/h3-7,10H,8-9,11-14H2,1-2H3,(H,24,29). The number of benzene rings is 1. The molecular formula is C23H25N5O3S. The van der Waals surface area contributed by atoms with E-state index in [9.17, 15) is 9.59 Å². The summed E-state index contributed by atoms with van der Waals surface area (Å²) in [5.74, 6) is -0.0788. The lowest BCUT2D eigenvalue weighted by atomic mass is 10.0. The highest BCUT2D eigenvalue weighted by Crippen LogP contribution is 2.34. The van der Waals surface area contributed by atoms with E-state index in [2.05, 4.69) is 15.6 Å². The van der Waals surface area contributed by atoms with E-state index in [-0.39, 0.29) is 11.8 Å². The fraction of sp³-hybridized carbons (Fsp3) is 0.391. The Labute approximate surface area is 190 Å². The zero-order chi connectivity index (χ0) is 22.3. The molecule has 1 N–H and O–H groups in total. The molecule has 1 atom stereocenters. The number of amides is 2. The molecule has 3 aromatic rings. The molecular weight excluding hydrogens is 426 g/mol. The van der Waals surface area contributed by atoms with E-state index in [1.807, 2.05) is 53.8 Å². The van der Waals surface area contributed by atoms with Crippen molar-refractivity contribution < 1.29 is 14.3 Å². The Balaban J connectivity index is 1.23. The molecule has 0 saturated carbocycles. The van der Waals surface area contributed by atoms with Gasteiger partial charge < -0.3 is 15.0 Å². The van der Waals surface area contributed by atoms with E-state index in [0.29, 0.717) is 44.0 Å². The van der Waals surface area contributed by atoms with Crippen molar-refractivity contribution in [2.24, 2.45) is 0 Å². The van der Waals surface area contributed by atoms with E-state index < -0.39 is 5.60 Å². The molecule has 2 aliphatic heterocycles. The largest absolute Gasteiger partial charge is 0.365 e. The van der Waals surface area contributed by atoms with E-state index in [1.54, 1.807) is 6.07 Å². The van der Waals surface area contributed by atoms with E-state index >= 15 is 0 Å². The van der Waals surface area contributed by atoms with Crippen molar-refractivity contribution in [2.75, 3.05) is 13.1 Å². The summed E-state index contributed by atoms with van der Waals surface area (Å²) in [4.78, 5) is 29.0. The van der Waals surface area contributed by atoms with Crippen LogP contribution in [0.25, 0.3) is 0 Å². The number of aryl methyl sites for hydroxylation is 2. The monoisotopic (exact) mass is 451 g/mol. The van der Waals surface area contributed by atoms with Gasteiger partial charge in [0, 0.05) is 17.0 Å². The quantitative estimate of drug-likeness (QED) is 0.659. The Morgan fingerprint density at radius 1 is 1.22 bits per heavy atom. The minimum Gasteiger partial charge on any atom is -0.365 e. The Morgan fingerprint density at radius 2 is 2.09 bits per heavy atom. The van der Waals surface area contributed by atoms with Crippen molar-refractivity contribution in [3.8, 4) is 0 Å². The molecule has 8 nitrogen and oxygen atoms in total. The number of rotatable bonds is 4. The van der Waals surface area contributed by atoms with Gasteiger partial charge in [-0.25, -0.2) is 4.68 Å². The van der Waals surface area contributed by atoms with Gasteiger partial charge in [0.1, 0.15) is 11.3 Å². The molecule has 1 aromatic carbocycles. The highest BCUT2D eigenvalue weighted by atomic mass is 32.1. The number of nitrogens with one attached hydrogen (secondary N) is 1. The van der Waals surface area contributed by atoms with Crippen LogP contribution in [-0.2, 0) is 24.4 Å². The SMILES string of the molecule is Cc1cccc(C(=O)NCc2nnn3c2COC2(CCN(C(=O)c4ccc(C)s4)C2)C3)c1. The number of thiophene rings is 1. The molecule has 166 valence electrons. The van der Waals surface area contributed by atoms with Crippen LogP contribution < -0.4 is 5.32 Å². The molecule has 0 radical (unpaired) electrons. The summed E-state index contributed by atoms with van der Waals surface area (Å²) in [6.45, 7) is 6.38. The third kappa shape index (κ3) is 3.93. The maximum Gasteiger partial charge on any atom is 0.264 e. The van der Waals surface area contributed by atoms with Gasteiger partial charge in [-0.2, -0.15) is 0 Å². The van der Waals surface area contributed by atoms with Crippen LogP contribution in [0.1, 0.15) is 48.3 Å². The molecule has 1 fully saturated rings. The van der Waals surface area contributed by atoms with Gasteiger partial charge in [0.05, 0.1) is 36.8 Å². The number of carbonyl (C=O) groups is 2. The first-order chi connectivity index (χ1) is 15.4. The normalized spacial score (nSPS) is 19.9. The molecule has 1 spiro atoms. The van der Waals surface area contributed by atoms with Crippen molar-refractivity contribution in [3.63, 3.8) is 0 Å². The van der Waals surface area contributed by atoms with Crippen LogP contribution in [-0.4, -0.2) is 50.4 Å². The minimum atomic E-state index is -0.440. The molecule has 4 heterocycles. The van der Waals surface area contributed by atoms with Crippen LogP contribution in [0.3, 0.4) is 0 Å². The van der Waals surface area contributed by atoms with E-state index in [1.165, 1.54) is 11.3 Å². The number of likely N-dealkylation sites (tertiary alicyclic amines) is 1. The van der Waals surface area contributed by atoms with Crippen LogP contribution >= 0.6 is 11.3 Å². The number of carbonyl (C=O) groups excluding carboxylic acids is 2. The lowest BCUT2D eigenvalue weighted by molar-refractivity contribution is -0.0828. The summed E-state index contributed by atoms with van der Waals surface area (Å²) in [6, 6.07) is 11.3. The number of aromatic nitrogens is 3. The first-order valence-corrected chi connectivity index (χ1v) is 11.5. The van der Waals surface area contributed by atoms with Crippen molar-refractivity contribution in [1.82, 2.24) is 25.2 Å². The van der Waals surface area contributed by atoms with Gasteiger partial charge in [-0.1, -0.05) is 22.9 Å². The molecule has 9 heteroatoms. The number of fused-ring (bicyclic) bond motifs is 1. The van der Waals surface area contributed by atoms with Gasteiger partial charge in [0.15, 0.2) is 0 Å². The second-order valence-corrected chi connectivity index (χ2v) is 9.84. The van der Waals surface area contributed by atoms with Crippen LogP contribution in [0.4, 0.5) is 0 Å². The summed E-state index contributed by atoms with van der Waals surface area (Å²) in [6.07, 6.45) is 0.766. The summed E-state index contributed by atoms with van der Waals surface area (Å²) in [5, 5.41) is 11.5. The van der Waals surface area contributed by atoms with E-state index in [0.717, 1.165) is 27.4 Å². The summed E-state index contributed by atoms with van der Waals surface area (Å²) >= 11 is 1.52. The first kappa shape index (κ1) is 20.8. The Morgan fingerprint density at radius 3 is 2.88 bits per heavy atom. The van der Waals surface area contributed by atoms with Crippen LogP contribution in [0, 0.1) is 13.8 Å². The van der Waals surface area contributed by atoms with E-state index in [4.69, 9.17) is 4.74 Å². The van der Waals surface area contributed by atoms with Gasteiger partial charge >= 0.3 is 0 Å². The number of hydrogen-bond acceptors (Lipinski definition) is 6. The zero-order valence-electron chi connectivity index (χ0n) is 18.1. The van der Waals surface area contributed by atoms with Crippen molar-refractivity contribution in [1.29, 1.82) is 0 Å². The molecule has 1 unspecified atom stereocenters. The van der Waals surface area contributed by atoms with Crippen molar-refractivity contribution in [3.05, 3.63) is 68.7 Å². The first-order valence-electron chi connectivity index (χ1n) is 10.7. The highest BCUT2D eigenvalue weighted by molar-refractivity contribution is 7.13.